The SMILES string of the molecule is COc1cc(NC(=O)c2ccccc2)c2c(c1)C1CCN(C)C(C1)N2C. The number of rotatable bonds is 3. The van der Waals surface area contributed by atoms with Gasteiger partial charge in [0.05, 0.1) is 24.7 Å². The van der Waals surface area contributed by atoms with Gasteiger partial charge in [-0.05, 0) is 49.6 Å². The van der Waals surface area contributed by atoms with Crippen LogP contribution in [0.3, 0.4) is 0 Å². The van der Waals surface area contributed by atoms with Crippen LogP contribution in [0.2, 0.25) is 0 Å². The molecule has 1 amide bonds. The maximum Gasteiger partial charge on any atom is 0.255 e. The first kappa shape index (κ1) is 16.9. The lowest BCUT2D eigenvalue weighted by atomic mass is 9.82. The van der Waals surface area contributed by atoms with Crippen LogP contribution in [0.1, 0.15) is 34.7 Å². The molecule has 2 heterocycles. The molecule has 5 heteroatoms. The van der Waals surface area contributed by atoms with E-state index < -0.39 is 0 Å². The molecule has 0 radical (unpaired) electrons. The molecule has 136 valence electrons. The number of nitrogens with one attached hydrogen (secondary N) is 1. The van der Waals surface area contributed by atoms with Gasteiger partial charge in [0.1, 0.15) is 5.75 Å². The summed E-state index contributed by atoms with van der Waals surface area (Å²) in [5, 5.41) is 3.12. The Labute approximate surface area is 154 Å². The Hall–Kier alpha value is -2.53. The molecule has 0 saturated carbocycles. The van der Waals surface area contributed by atoms with E-state index in [4.69, 9.17) is 4.74 Å². The van der Waals surface area contributed by atoms with E-state index in [2.05, 4.69) is 35.3 Å². The molecule has 26 heavy (non-hydrogen) atoms. The van der Waals surface area contributed by atoms with Gasteiger partial charge in [0.2, 0.25) is 0 Å². The zero-order valence-corrected chi connectivity index (χ0v) is 15.5. The summed E-state index contributed by atoms with van der Waals surface area (Å²) in [5.74, 6) is 1.20. The van der Waals surface area contributed by atoms with Crippen molar-refractivity contribution >= 4 is 17.3 Å². The highest BCUT2D eigenvalue weighted by atomic mass is 16.5. The molecule has 1 N–H and O–H groups in total. The van der Waals surface area contributed by atoms with Crippen molar-refractivity contribution in [3.05, 3.63) is 53.6 Å². The normalized spacial score (nSPS) is 21.9. The number of carbonyl (C=O) groups excluding carboxylic acids is 1. The molecule has 2 aromatic carbocycles. The molecule has 1 saturated heterocycles. The molecule has 0 aliphatic carbocycles. The fourth-order valence-electron chi connectivity index (χ4n) is 4.28. The minimum Gasteiger partial charge on any atom is -0.497 e. The molecule has 2 aromatic rings. The first-order valence-corrected chi connectivity index (χ1v) is 9.10. The third kappa shape index (κ3) is 2.82. The molecule has 2 bridgehead atoms. The molecule has 1 fully saturated rings. The summed E-state index contributed by atoms with van der Waals surface area (Å²) < 4.78 is 5.52. The molecule has 2 unspecified atom stereocenters. The minimum absolute atomic E-state index is 0.0986. The van der Waals surface area contributed by atoms with Gasteiger partial charge < -0.3 is 15.0 Å². The minimum atomic E-state index is -0.0986. The first-order chi connectivity index (χ1) is 12.6. The largest absolute Gasteiger partial charge is 0.497 e. The number of nitrogens with zero attached hydrogens (tertiary/aromatic N) is 2. The topological polar surface area (TPSA) is 44.8 Å². The van der Waals surface area contributed by atoms with Crippen LogP contribution in [0.5, 0.6) is 5.75 Å². The van der Waals surface area contributed by atoms with E-state index >= 15 is 0 Å². The Bertz CT molecular complexity index is 822. The number of ether oxygens (including phenoxy) is 1. The maximum atomic E-state index is 12.7. The van der Waals surface area contributed by atoms with Crippen molar-refractivity contribution < 1.29 is 9.53 Å². The van der Waals surface area contributed by atoms with E-state index in [9.17, 15) is 4.79 Å². The second-order valence-corrected chi connectivity index (χ2v) is 7.23. The summed E-state index contributed by atoms with van der Waals surface area (Å²) >= 11 is 0. The van der Waals surface area contributed by atoms with Gasteiger partial charge in [-0.1, -0.05) is 18.2 Å². The van der Waals surface area contributed by atoms with Crippen molar-refractivity contribution in [3.8, 4) is 5.75 Å². The number of piperidine rings is 1. The summed E-state index contributed by atoms with van der Waals surface area (Å²) in [6, 6.07) is 13.4. The number of carbonyl (C=O) groups is 1. The van der Waals surface area contributed by atoms with E-state index in [0.717, 1.165) is 36.5 Å². The zero-order valence-electron chi connectivity index (χ0n) is 15.5. The summed E-state index contributed by atoms with van der Waals surface area (Å²) in [6.07, 6.45) is 2.61. The summed E-state index contributed by atoms with van der Waals surface area (Å²) in [5.41, 5.74) is 3.86. The Morgan fingerprint density at radius 2 is 1.96 bits per heavy atom. The van der Waals surface area contributed by atoms with Crippen LogP contribution in [-0.4, -0.2) is 44.7 Å². The molecule has 0 aromatic heterocycles. The predicted octanol–water partition coefficient (Wildman–Crippen LogP) is 3.53. The highest BCUT2D eigenvalue weighted by molar-refractivity contribution is 6.06. The highest BCUT2D eigenvalue weighted by Crippen LogP contribution is 2.48. The number of fused-ring (bicyclic) bond motifs is 4. The molecule has 5 nitrogen and oxygen atoms in total. The lowest BCUT2D eigenvalue weighted by Gasteiger charge is -2.49. The van der Waals surface area contributed by atoms with Crippen molar-refractivity contribution in [2.24, 2.45) is 0 Å². The number of benzene rings is 2. The van der Waals surface area contributed by atoms with Gasteiger partial charge in [-0.2, -0.15) is 0 Å². The summed E-state index contributed by atoms with van der Waals surface area (Å²) in [6.45, 7) is 1.09. The Morgan fingerprint density at radius 3 is 2.69 bits per heavy atom. The van der Waals surface area contributed by atoms with E-state index in [0.29, 0.717) is 17.6 Å². The lowest BCUT2D eigenvalue weighted by molar-refractivity contribution is 0.102. The number of amides is 1. The van der Waals surface area contributed by atoms with Crippen LogP contribution in [0, 0.1) is 0 Å². The predicted molar refractivity (Wildman–Crippen MR) is 104 cm³/mol. The Kier molecular flexibility index (Phi) is 4.32. The van der Waals surface area contributed by atoms with Gasteiger partial charge >= 0.3 is 0 Å². The number of hydrogen-bond acceptors (Lipinski definition) is 4. The van der Waals surface area contributed by atoms with Crippen molar-refractivity contribution in [3.63, 3.8) is 0 Å². The molecular formula is C21H25N3O2. The van der Waals surface area contributed by atoms with E-state index in [1.807, 2.05) is 36.4 Å². The van der Waals surface area contributed by atoms with Crippen LogP contribution >= 0.6 is 0 Å². The maximum absolute atomic E-state index is 12.7. The van der Waals surface area contributed by atoms with Gasteiger partial charge in [-0.25, -0.2) is 0 Å². The quantitative estimate of drug-likeness (QED) is 0.919. The van der Waals surface area contributed by atoms with Gasteiger partial charge in [0.25, 0.3) is 5.91 Å². The number of likely N-dealkylation sites (tertiary alicyclic amines) is 1. The van der Waals surface area contributed by atoms with Crippen molar-refractivity contribution in [2.75, 3.05) is 38.0 Å². The molecular weight excluding hydrogens is 326 g/mol. The standard InChI is InChI=1S/C21H25N3O2/c1-23-10-9-15-11-19(23)24(2)20-17(15)12-16(26-3)13-18(20)22-21(25)14-7-5-4-6-8-14/h4-8,12-13,15,19H,9-11H2,1-3H3,(H,22,25). The molecule has 0 spiro atoms. The van der Waals surface area contributed by atoms with E-state index in [-0.39, 0.29) is 5.91 Å². The molecule has 2 atom stereocenters. The third-order valence-corrected chi connectivity index (χ3v) is 5.71. The Balaban J connectivity index is 1.76. The van der Waals surface area contributed by atoms with Crippen LogP contribution in [0.4, 0.5) is 11.4 Å². The van der Waals surface area contributed by atoms with Crippen LogP contribution in [0.15, 0.2) is 42.5 Å². The summed E-state index contributed by atoms with van der Waals surface area (Å²) in [7, 11) is 5.97. The lowest BCUT2D eigenvalue weighted by Crippen LogP contribution is -2.52. The van der Waals surface area contributed by atoms with Crippen molar-refractivity contribution in [1.29, 1.82) is 0 Å². The smallest absolute Gasteiger partial charge is 0.255 e. The highest BCUT2D eigenvalue weighted by Gasteiger charge is 2.38. The fourth-order valence-corrected chi connectivity index (χ4v) is 4.28. The van der Waals surface area contributed by atoms with Crippen LogP contribution < -0.4 is 15.0 Å². The Morgan fingerprint density at radius 1 is 1.19 bits per heavy atom. The van der Waals surface area contributed by atoms with Gasteiger partial charge in [-0.3, -0.25) is 9.69 Å². The molecule has 2 aliphatic heterocycles. The molecule has 4 rings (SSSR count). The van der Waals surface area contributed by atoms with E-state index in [1.165, 1.54) is 5.56 Å². The van der Waals surface area contributed by atoms with Gasteiger partial charge in [0, 0.05) is 25.2 Å². The fraction of sp³-hybridized carbons (Fsp3) is 0.381. The van der Waals surface area contributed by atoms with Gasteiger partial charge in [-0.15, -0.1) is 0 Å². The van der Waals surface area contributed by atoms with Crippen molar-refractivity contribution in [2.45, 2.75) is 24.9 Å². The van der Waals surface area contributed by atoms with Gasteiger partial charge in [0.15, 0.2) is 0 Å². The average Bonchev–Trinajstić information content (AvgIpc) is 2.67. The number of hydrogen-bond donors (Lipinski definition) is 1. The first-order valence-electron chi connectivity index (χ1n) is 9.10. The van der Waals surface area contributed by atoms with Crippen LogP contribution in [-0.2, 0) is 0 Å². The monoisotopic (exact) mass is 351 g/mol. The van der Waals surface area contributed by atoms with Crippen molar-refractivity contribution in [1.82, 2.24) is 4.90 Å². The summed E-state index contributed by atoms with van der Waals surface area (Å²) in [4.78, 5) is 17.4. The van der Waals surface area contributed by atoms with Crippen LogP contribution in [0.25, 0.3) is 0 Å². The average molecular weight is 351 g/mol. The third-order valence-electron chi connectivity index (χ3n) is 5.71. The molecule has 2 aliphatic rings. The second-order valence-electron chi connectivity index (χ2n) is 7.23. The number of anilines is 2. The second kappa shape index (κ2) is 6.65. The van der Waals surface area contributed by atoms with E-state index in [1.54, 1.807) is 7.11 Å². The number of methoxy groups -OCH3 is 1. The zero-order chi connectivity index (χ0) is 18.3.